The number of amides is 8. The molecule has 0 unspecified atom stereocenters. The first kappa shape index (κ1) is 95.9. The van der Waals surface area contributed by atoms with Crippen LogP contribution in [0.2, 0.25) is 0 Å². The maximum absolute atomic E-state index is 13.2. The van der Waals surface area contributed by atoms with Crippen molar-refractivity contribution in [1.82, 2.24) is 66.9 Å². The van der Waals surface area contributed by atoms with Gasteiger partial charge in [-0.05, 0) is 161 Å². The van der Waals surface area contributed by atoms with Gasteiger partial charge in [0.2, 0.25) is 44.2 Å². The van der Waals surface area contributed by atoms with E-state index in [1.807, 2.05) is 6.07 Å². The van der Waals surface area contributed by atoms with E-state index < -0.39 is 142 Å². The number of carbonyl (C=O) groups excluding carboxylic acids is 8. The maximum Gasteiger partial charge on any atom is 0.331 e. The summed E-state index contributed by atoms with van der Waals surface area (Å²) in [6, 6.07) is 13.6. The highest BCUT2D eigenvalue weighted by molar-refractivity contribution is 7.91. The summed E-state index contributed by atoms with van der Waals surface area (Å²) in [5.41, 5.74) is 1.75. The number of nitrogens with zero attached hydrogens (tertiary/aromatic N) is 21. The molecule has 4 aromatic carbocycles. The Bertz CT molecular complexity index is 6280. The summed E-state index contributed by atoms with van der Waals surface area (Å²) in [4.78, 5) is 104. The smallest absolute Gasteiger partial charge is 0.308 e. The molecule has 4 fully saturated rings. The van der Waals surface area contributed by atoms with Gasteiger partial charge in [0.25, 0.3) is 47.3 Å². The Hall–Kier alpha value is -9.91. The van der Waals surface area contributed by atoms with Crippen LogP contribution in [-0.2, 0) is 109 Å². The topological polar surface area (TPSA) is 605 Å². The number of hydrogen-bond acceptors (Lipinski definition) is 40. The third-order valence-corrected chi connectivity index (χ3v) is 31.1. The second kappa shape index (κ2) is 38.5. The number of nitrogens with two attached hydrogens (primary N) is 1. The lowest BCUT2D eigenvalue weighted by Crippen LogP contribution is -2.63. The number of benzene rings is 4. The first-order valence-corrected chi connectivity index (χ1v) is 49.8. The van der Waals surface area contributed by atoms with E-state index in [0.29, 0.717) is 71.1 Å². The molecule has 12 rings (SSSR count). The van der Waals surface area contributed by atoms with Crippen molar-refractivity contribution in [2.24, 2.45) is 57.9 Å². The lowest BCUT2D eigenvalue weighted by atomic mass is 10.2. The summed E-state index contributed by atoms with van der Waals surface area (Å²) in [5, 5.41) is 39.1. The fourth-order valence-electron chi connectivity index (χ4n) is 11.5. The van der Waals surface area contributed by atoms with Crippen LogP contribution < -0.4 is 14.6 Å². The number of azo groups is 4. The highest BCUT2D eigenvalue weighted by Gasteiger charge is 2.53. The number of aromatic nitrogens is 4. The van der Waals surface area contributed by atoms with Gasteiger partial charge in [0, 0.05) is 80.2 Å². The van der Waals surface area contributed by atoms with Crippen LogP contribution in [0.15, 0.2) is 134 Å². The Morgan fingerprint density at radius 2 is 0.803 bits per heavy atom. The minimum Gasteiger partial charge on any atom is -0.308 e. The molecule has 0 radical (unpaired) electrons. The van der Waals surface area contributed by atoms with Crippen LogP contribution in [0, 0.1) is 11.8 Å². The first-order valence-electron chi connectivity index (χ1n) is 36.2. The Morgan fingerprint density at radius 1 is 0.451 bits per heavy atom. The highest BCUT2D eigenvalue weighted by atomic mass is 32.2. The average Bonchev–Trinajstić information content (AvgIpc) is 1.02. The molecule has 8 amide bonds. The zero-order valence-electron chi connectivity index (χ0n) is 67.0. The van der Waals surface area contributed by atoms with Crippen molar-refractivity contribution in [2.45, 2.75) is 94.2 Å². The third-order valence-electron chi connectivity index (χ3n) is 17.5. The lowest BCUT2D eigenvalue weighted by Gasteiger charge is -2.37. The fraction of sp³-hybridized carbons (Fsp3) is 0.446. The maximum atomic E-state index is 13.2. The summed E-state index contributed by atoms with van der Waals surface area (Å²) in [5.74, 6) is -8.40. The highest BCUT2D eigenvalue weighted by Crippen LogP contribution is 2.39. The van der Waals surface area contributed by atoms with Crippen molar-refractivity contribution in [3.63, 3.8) is 0 Å². The van der Waals surface area contributed by atoms with Crippen molar-refractivity contribution >= 4 is 228 Å². The number of likely N-dealkylation sites (N-methyl/N-ethyl adjacent to an activating group) is 4. The van der Waals surface area contributed by atoms with Crippen molar-refractivity contribution in [2.75, 3.05) is 99.9 Å². The molecule has 8 aromatic rings. The third kappa shape index (κ3) is 21.1. The Labute approximate surface area is 717 Å². The summed E-state index contributed by atoms with van der Waals surface area (Å²) in [6.45, 7) is 13.6. The van der Waals surface area contributed by atoms with E-state index in [-0.39, 0.29) is 99.4 Å². The molecule has 122 heavy (non-hydrogen) atoms. The van der Waals surface area contributed by atoms with Crippen molar-refractivity contribution in [1.29, 1.82) is 0 Å². The van der Waals surface area contributed by atoms with Crippen LogP contribution >= 0.6 is 46.1 Å². The zero-order chi connectivity index (χ0) is 90.4. The predicted octanol–water partition coefficient (Wildman–Crippen LogP) is 3.79. The van der Waals surface area contributed by atoms with Gasteiger partial charge in [0.15, 0.2) is 29.8 Å². The van der Waals surface area contributed by atoms with E-state index in [2.05, 4.69) is 58.4 Å². The largest absolute Gasteiger partial charge is 0.331 e. The first-order chi connectivity index (χ1) is 57.0. The SMILES string of the molecule is CC(C)CN1C(=O)C(N=Nc2snc3c(S(N)(=O)=O)cccc23)C(=O)N(CC(C)C)S1(=O)=O.CCN(CC)S(=O)(=O)c1ccc2nsc(N=NC3C(=O)N(CCN(C)C)S(=O)(=O)N(CCN(C)C)C3=O)c2c1.CCN1C(=O)C(N=Nc2snc3ccc(S(C)(=O)=O)cc23)C(=O)N(CC)S1(=O)=O.O=C1NS(=O)(=O)NC(=O)C1N=Nc1snc2ccccc12. The predicted molar refractivity (Wildman–Crippen MR) is 447 cm³/mol. The molecular weight excluding hydrogens is 1820 g/mol. The van der Waals surface area contributed by atoms with Gasteiger partial charge in [-0.25, -0.2) is 65.7 Å². The van der Waals surface area contributed by atoms with Gasteiger partial charge in [0.1, 0.15) is 10.4 Å². The molecule has 4 N–H and O–H groups in total. The quantitative estimate of drug-likeness (QED) is 0.0513. The van der Waals surface area contributed by atoms with Gasteiger partial charge in [-0.2, -0.15) is 75.9 Å². The summed E-state index contributed by atoms with van der Waals surface area (Å²) < 4.78 is 197. The average molecular weight is 1900 g/mol. The number of rotatable bonds is 26. The lowest BCUT2D eigenvalue weighted by molar-refractivity contribution is -0.142. The molecule has 8 heterocycles. The summed E-state index contributed by atoms with van der Waals surface area (Å²) in [6.07, 6.45) is 1.06. The molecule has 660 valence electrons. The molecule has 0 bridgehead atoms. The number of sulfonamides is 2. The van der Waals surface area contributed by atoms with E-state index in [0.717, 1.165) is 63.3 Å². The molecule has 0 saturated carbocycles. The van der Waals surface area contributed by atoms with Crippen LogP contribution in [0.5, 0.6) is 0 Å². The van der Waals surface area contributed by atoms with E-state index in [1.165, 1.54) is 60.6 Å². The molecule has 4 saturated heterocycles. The van der Waals surface area contributed by atoms with Crippen LogP contribution in [0.1, 0.15) is 55.4 Å². The van der Waals surface area contributed by atoms with E-state index in [1.54, 1.807) is 119 Å². The second-order valence-electron chi connectivity index (χ2n) is 27.8. The van der Waals surface area contributed by atoms with E-state index in [4.69, 9.17) is 5.14 Å². The molecule has 0 atom stereocenters. The molecule has 0 aliphatic carbocycles. The number of sulfone groups is 1. The number of fused-ring (bicyclic) bond motifs is 4. The Kier molecular flexibility index (Phi) is 30.2. The van der Waals surface area contributed by atoms with Gasteiger partial charge < -0.3 is 9.80 Å². The van der Waals surface area contributed by atoms with Gasteiger partial charge in [0.05, 0.1) is 39.4 Å². The number of carbonyl (C=O) groups is 8. The van der Waals surface area contributed by atoms with Gasteiger partial charge >= 0.3 is 40.8 Å². The van der Waals surface area contributed by atoms with Crippen LogP contribution in [0.3, 0.4) is 0 Å². The summed E-state index contributed by atoms with van der Waals surface area (Å²) >= 11 is 3.71. The van der Waals surface area contributed by atoms with Gasteiger partial charge in [-0.1, -0.05) is 59.7 Å². The molecule has 4 aliphatic heterocycles. The zero-order valence-corrected chi connectivity index (χ0v) is 76.0. The standard InChI is InChI=1S/C22H34N8O6S3.C18H24N6O6S3.C15H17N5O6S3.C10H7N5O4S2/c1-7-28(8-2)38(33,34)16-9-10-18-17(15-16)20(37-25-18)24-23-19-21(31)29(13-11-26(3)4)39(35,36)30(22(19)32)14-12-27(5)6;1-10(2)8-23-17(25)15(18(26)24(9-11(3)4)33(23,29)30)20-21-16-12-6-5-7-13(32(19,27)28)14(12)22-31-16;1-4-19-14(21)12(15(22)20(5-2)29(19,25)26)16-17-13-10-8-9(28(3,23)24)6-7-11(10)18-27-13;16-8-7(9(17)15-21(18,19)14-8)11-12-10-5-3-1-2-4-6(5)13-20-10/h9-10,15,19H,7-8,11-14H2,1-6H3;5-7,10-11,15H,8-9H2,1-4H3,(H2,19,27,28);6-8,12H,4-5H2,1-3H3;1-4,7H,(H,14,16)(H,15,17). The minimum absolute atomic E-state index is 0.0518. The Balaban J connectivity index is 0.000000188. The van der Waals surface area contributed by atoms with Crippen LogP contribution in [0.4, 0.5) is 20.0 Å². The van der Waals surface area contributed by atoms with Gasteiger partial charge in [-0.15, -0.1) is 20.5 Å². The molecule has 57 heteroatoms. The molecule has 46 nitrogen and oxygen atoms in total. The van der Waals surface area contributed by atoms with Crippen LogP contribution in [-0.4, -0.2) is 288 Å². The molecular formula is C65H82N24O22S11. The summed E-state index contributed by atoms with van der Waals surface area (Å²) in [7, 11) is -21.4. The second-order valence-corrected chi connectivity index (χ2v) is 43.0. The van der Waals surface area contributed by atoms with Gasteiger partial charge in [-0.3, -0.25) is 38.4 Å². The normalized spacial score (nSPS) is 17.9. The number of nitrogens with one attached hydrogen (secondary N) is 2. The van der Waals surface area contributed by atoms with Crippen molar-refractivity contribution < 1.29 is 97.3 Å². The van der Waals surface area contributed by atoms with Crippen LogP contribution in [0.25, 0.3) is 43.6 Å². The minimum atomic E-state index is -4.40. The number of primary sulfonamides is 1. The molecule has 4 aromatic heterocycles. The van der Waals surface area contributed by atoms with E-state index >= 15 is 0 Å². The number of hydrogen-bond donors (Lipinski definition) is 3. The molecule has 4 aliphatic rings. The van der Waals surface area contributed by atoms with Crippen molar-refractivity contribution in [3.8, 4) is 0 Å². The Morgan fingerprint density at radius 3 is 1.21 bits per heavy atom. The monoisotopic (exact) mass is 1900 g/mol. The van der Waals surface area contributed by atoms with E-state index in [9.17, 15) is 97.3 Å². The fourth-order valence-corrected chi connectivity index (χ4v) is 22.9. The van der Waals surface area contributed by atoms with Crippen molar-refractivity contribution in [3.05, 3.63) is 78.9 Å². The molecule has 0 spiro atoms.